The first-order chi connectivity index (χ1) is 7.31. The second-order valence-corrected chi connectivity index (χ2v) is 4.45. The van der Waals surface area contributed by atoms with Crippen LogP contribution in [0.1, 0.15) is 12.5 Å². The number of hydrogen-bond donors (Lipinski definition) is 0. The van der Waals surface area contributed by atoms with E-state index in [4.69, 9.17) is 4.74 Å². The third-order valence-corrected chi connectivity index (χ3v) is 3.32. The first-order valence-electron chi connectivity index (χ1n) is 5.31. The van der Waals surface area contributed by atoms with Gasteiger partial charge in [-0.3, -0.25) is 0 Å². The third-order valence-electron chi connectivity index (χ3n) is 2.72. The molecule has 0 aromatic heterocycles. The van der Waals surface area contributed by atoms with Gasteiger partial charge < -0.3 is 9.64 Å². The van der Waals surface area contributed by atoms with Crippen LogP contribution in [0.5, 0.6) is 0 Å². The summed E-state index contributed by atoms with van der Waals surface area (Å²) in [5.41, 5.74) is 2.69. The van der Waals surface area contributed by atoms with Crippen molar-refractivity contribution in [2.24, 2.45) is 0 Å². The molecule has 0 bridgehead atoms. The molecule has 2 nitrogen and oxygen atoms in total. The largest absolute Gasteiger partial charge is 0.375 e. The van der Waals surface area contributed by atoms with Gasteiger partial charge in [-0.25, -0.2) is 0 Å². The minimum Gasteiger partial charge on any atom is -0.375 e. The molecular weight excluding hydrogens is 254 g/mol. The summed E-state index contributed by atoms with van der Waals surface area (Å²) < 4.78 is 5.55. The molecule has 1 saturated heterocycles. The summed E-state index contributed by atoms with van der Waals surface area (Å²) >= 11 is 3.53. The van der Waals surface area contributed by atoms with Gasteiger partial charge in [0.1, 0.15) is 0 Å². The summed E-state index contributed by atoms with van der Waals surface area (Å²) in [5, 5.41) is 0.912. The van der Waals surface area contributed by atoms with Crippen molar-refractivity contribution in [2.75, 3.05) is 24.6 Å². The van der Waals surface area contributed by atoms with E-state index >= 15 is 0 Å². The first-order valence-corrected chi connectivity index (χ1v) is 6.44. The monoisotopic (exact) mass is 269 g/mol. The lowest BCUT2D eigenvalue weighted by atomic mass is 10.1. The number of hydrogen-bond acceptors (Lipinski definition) is 2. The van der Waals surface area contributed by atoms with Crippen molar-refractivity contribution in [3.8, 4) is 0 Å². The Morgan fingerprint density at radius 2 is 2.27 bits per heavy atom. The summed E-state index contributed by atoms with van der Waals surface area (Å²) in [6.07, 6.45) is 0.335. The summed E-state index contributed by atoms with van der Waals surface area (Å²) in [4.78, 5) is 2.41. The van der Waals surface area contributed by atoms with Crippen molar-refractivity contribution in [3.63, 3.8) is 0 Å². The SMILES string of the molecule is CC1CN(c2ccccc2CBr)CCO1. The third kappa shape index (κ3) is 2.52. The fourth-order valence-corrected chi connectivity index (χ4v) is 2.44. The number of para-hydroxylation sites is 1. The maximum atomic E-state index is 5.55. The average molecular weight is 270 g/mol. The highest BCUT2D eigenvalue weighted by Gasteiger charge is 2.18. The Labute approximate surface area is 99.4 Å². The number of morpholine rings is 1. The van der Waals surface area contributed by atoms with Crippen LogP contribution in [0.4, 0.5) is 5.69 Å². The second-order valence-electron chi connectivity index (χ2n) is 3.89. The van der Waals surface area contributed by atoms with E-state index < -0.39 is 0 Å². The number of ether oxygens (including phenoxy) is 1. The van der Waals surface area contributed by atoms with E-state index in [1.807, 2.05) is 0 Å². The Morgan fingerprint density at radius 3 is 3.00 bits per heavy atom. The van der Waals surface area contributed by atoms with Crippen LogP contribution >= 0.6 is 15.9 Å². The van der Waals surface area contributed by atoms with Gasteiger partial charge in [0.15, 0.2) is 0 Å². The van der Waals surface area contributed by atoms with E-state index in [0.29, 0.717) is 6.10 Å². The van der Waals surface area contributed by atoms with Crippen LogP contribution < -0.4 is 4.90 Å². The number of nitrogens with zero attached hydrogens (tertiary/aromatic N) is 1. The summed E-state index contributed by atoms with van der Waals surface area (Å²) in [5.74, 6) is 0. The number of anilines is 1. The number of halogens is 1. The van der Waals surface area contributed by atoms with Crippen molar-refractivity contribution in [1.29, 1.82) is 0 Å². The Kier molecular flexibility index (Phi) is 3.65. The average Bonchev–Trinajstić information content (AvgIpc) is 2.29. The number of rotatable bonds is 2. The molecule has 1 aromatic carbocycles. The van der Waals surface area contributed by atoms with E-state index in [1.54, 1.807) is 0 Å². The zero-order valence-electron chi connectivity index (χ0n) is 8.95. The van der Waals surface area contributed by atoms with Crippen molar-refractivity contribution in [2.45, 2.75) is 18.4 Å². The Morgan fingerprint density at radius 1 is 1.47 bits per heavy atom. The van der Waals surface area contributed by atoms with Gasteiger partial charge >= 0.3 is 0 Å². The second kappa shape index (κ2) is 4.99. The molecule has 15 heavy (non-hydrogen) atoms. The maximum Gasteiger partial charge on any atom is 0.0722 e. The van der Waals surface area contributed by atoms with E-state index in [0.717, 1.165) is 25.0 Å². The molecule has 1 fully saturated rings. The van der Waals surface area contributed by atoms with Gasteiger partial charge in [-0.05, 0) is 18.6 Å². The van der Waals surface area contributed by atoms with Crippen molar-refractivity contribution in [1.82, 2.24) is 0 Å². The predicted molar refractivity (Wildman–Crippen MR) is 66.7 cm³/mol. The molecule has 1 aromatic rings. The molecule has 0 N–H and O–H groups in total. The fraction of sp³-hybridized carbons (Fsp3) is 0.500. The van der Waals surface area contributed by atoms with Crippen LogP contribution in [-0.4, -0.2) is 25.8 Å². The quantitative estimate of drug-likeness (QED) is 0.766. The molecule has 1 atom stereocenters. The molecule has 82 valence electrons. The first kappa shape index (κ1) is 11.0. The smallest absolute Gasteiger partial charge is 0.0722 e. The van der Waals surface area contributed by atoms with Gasteiger partial charge in [-0.2, -0.15) is 0 Å². The van der Waals surface area contributed by atoms with E-state index in [1.165, 1.54) is 11.3 Å². The molecule has 1 unspecified atom stereocenters. The Bertz CT molecular complexity index is 329. The van der Waals surface area contributed by atoms with Crippen LogP contribution in [0.3, 0.4) is 0 Å². The summed E-state index contributed by atoms with van der Waals surface area (Å²) in [7, 11) is 0. The summed E-state index contributed by atoms with van der Waals surface area (Å²) in [6.45, 7) is 4.94. The lowest BCUT2D eigenvalue weighted by Crippen LogP contribution is -2.41. The minimum absolute atomic E-state index is 0.335. The highest BCUT2D eigenvalue weighted by molar-refractivity contribution is 9.08. The predicted octanol–water partition coefficient (Wildman–Crippen LogP) is 2.81. The molecule has 2 rings (SSSR count). The zero-order valence-corrected chi connectivity index (χ0v) is 10.5. The van der Waals surface area contributed by atoms with E-state index in [9.17, 15) is 0 Å². The Hall–Kier alpha value is -0.540. The molecule has 1 heterocycles. The molecular formula is C12H16BrNO. The van der Waals surface area contributed by atoms with Gasteiger partial charge in [-0.1, -0.05) is 34.1 Å². The topological polar surface area (TPSA) is 12.5 Å². The lowest BCUT2D eigenvalue weighted by molar-refractivity contribution is 0.0532. The van der Waals surface area contributed by atoms with Crippen molar-refractivity contribution >= 4 is 21.6 Å². The number of alkyl halides is 1. The van der Waals surface area contributed by atoms with Gasteiger partial charge in [-0.15, -0.1) is 0 Å². The van der Waals surface area contributed by atoms with Crippen LogP contribution in [0.15, 0.2) is 24.3 Å². The molecule has 0 saturated carbocycles. The zero-order chi connectivity index (χ0) is 10.7. The Balaban J connectivity index is 2.20. The van der Waals surface area contributed by atoms with E-state index in [2.05, 4.69) is 52.0 Å². The van der Waals surface area contributed by atoms with Crippen molar-refractivity contribution in [3.05, 3.63) is 29.8 Å². The lowest BCUT2D eigenvalue weighted by Gasteiger charge is -2.34. The number of benzene rings is 1. The van der Waals surface area contributed by atoms with Crippen molar-refractivity contribution < 1.29 is 4.74 Å². The maximum absolute atomic E-state index is 5.55. The molecule has 3 heteroatoms. The van der Waals surface area contributed by atoms with Crippen LogP contribution in [0, 0.1) is 0 Å². The van der Waals surface area contributed by atoms with Gasteiger partial charge in [0.25, 0.3) is 0 Å². The standard InChI is InChI=1S/C12H16BrNO/c1-10-9-14(6-7-15-10)12-5-3-2-4-11(12)8-13/h2-5,10H,6-9H2,1H3. The molecule has 0 radical (unpaired) electrons. The normalized spacial score (nSPS) is 21.7. The van der Waals surface area contributed by atoms with Crippen LogP contribution in [0.2, 0.25) is 0 Å². The van der Waals surface area contributed by atoms with Crippen LogP contribution in [0.25, 0.3) is 0 Å². The highest BCUT2D eigenvalue weighted by Crippen LogP contribution is 2.24. The molecule has 0 amide bonds. The van der Waals surface area contributed by atoms with Gasteiger partial charge in [0, 0.05) is 24.1 Å². The molecule has 1 aliphatic rings. The fourth-order valence-electron chi connectivity index (χ4n) is 1.97. The van der Waals surface area contributed by atoms with E-state index in [-0.39, 0.29) is 0 Å². The van der Waals surface area contributed by atoms with Gasteiger partial charge in [0.2, 0.25) is 0 Å². The minimum atomic E-state index is 0.335. The highest BCUT2D eigenvalue weighted by atomic mass is 79.9. The molecule has 1 aliphatic heterocycles. The van der Waals surface area contributed by atoms with Gasteiger partial charge in [0.05, 0.1) is 12.7 Å². The molecule has 0 aliphatic carbocycles. The molecule has 0 spiro atoms. The summed E-state index contributed by atoms with van der Waals surface area (Å²) in [6, 6.07) is 8.55. The van der Waals surface area contributed by atoms with Crippen LogP contribution in [-0.2, 0) is 10.1 Å².